The molecule has 3 nitrogen and oxygen atoms in total. The zero-order valence-corrected chi connectivity index (χ0v) is 8.25. The van der Waals surface area contributed by atoms with Gasteiger partial charge in [0.1, 0.15) is 12.4 Å². The van der Waals surface area contributed by atoms with E-state index in [4.69, 9.17) is 5.73 Å². The van der Waals surface area contributed by atoms with E-state index in [1.54, 1.807) is 6.92 Å². The SMILES string of the molecule is CCN(CC(F)(F)F)c1ccc(N)nc1. The molecule has 1 rings (SSSR count). The van der Waals surface area contributed by atoms with Crippen molar-refractivity contribution in [1.29, 1.82) is 0 Å². The molecule has 2 N–H and O–H groups in total. The standard InChI is InChI=1S/C9H12F3N3/c1-2-15(6-9(10,11)12)7-3-4-8(13)14-5-7/h3-5H,2,6H2,1H3,(H2,13,14). The van der Waals surface area contributed by atoms with Crippen LogP contribution < -0.4 is 10.6 Å². The summed E-state index contributed by atoms with van der Waals surface area (Å²) in [5.41, 5.74) is 5.76. The van der Waals surface area contributed by atoms with E-state index in [1.807, 2.05) is 0 Å². The maximum absolute atomic E-state index is 12.2. The Balaban J connectivity index is 2.79. The fourth-order valence-electron chi connectivity index (χ4n) is 1.19. The Bertz CT molecular complexity index is 307. The van der Waals surface area contributed by atoms with Crippen molar-refractivity contribution in [3.63, 3.8) is 0 Å². The first-order valence-electron chi connectivity index (χ1n) is 4.45. The summed E-state index contributed by atoms with van der Waals surface area (Å²) >= 11 is 0. The van der Waals surface area contributed by atoms with Crippen molar-refractivity contribution in [3.05, 3.63) is 18.3 Å². The van der Waals surface area contributed by atoms with Crippen LogP contribution in [0.5, 0.6) is 0 Å². The molecule has 0 aliphatic rings. The van der Waals surface area contributed by atoms with E-state index in [9.17, 15) is 13.2 Å². The summed E-state index contributed by atoms with van der Waals surface area (Å²) in [6.07, 6.45) is -2.87. The molecule has 1 heterocycles. The summed E-state index contributed by atoms with van der Waals surface area (Å²) in [5, 5.41) is 0. The number of hydrogen-bond acceptors (Lipinski definition) is 3. The molecule has 1 aromatic heterocycles. The number of anilines is 2. The van der Waals surface area contributed by atoms with Crippen LogP contribution in [0.15, 0.2) is 18.3 Å². The molecule has 0 aliphatic heterocycles. The van der Waals surface area contributed by atoms with E-state index in [1.165, 1.54) is 23.2 Å². The maximum Gasteiger partial charge on any atom is 0.405 e. The molecule has 0 aromatic carbocycles. The zero-order chi connectivity index (χ0) is 11.5. The van der Waals surface area contributed by atoms with Crippen molar-refractivity contribution in [3.8, 4) is 0 Å². The van der Waals surface area contributed by atoms with Gasteiger partial charge in [-0.25, -0.2) is 4.98 Å². The van der Waals surface area contributed by atoms with Gasteiger partial charge in [-0.1, -0.05) is 0 Å². The maximum atomic E-state index is 12.2. The molecule has 0 amide bonds. The van der Waals surface area contributed by atoms with Gasteiger partial charge in [0.25, 0.3) is 0 Å². The molecule has 1 aromatic rings. The van der Waals surface area contributed by atoms with Gasteiger partial charge in [-0.05, 0) is 19.1 Å². The Morgan fingerprint density at radius 2 is 2.07 bits per heavy atom. The number of halogens is 3. The largest absolute Gasteiger partial charge is 0.405 e. The molecule has 84 valence electrons. The second-order valence-corrected chi connectivity index (χ2v) is 3.07. The Morgan fingerprint density at radius 1 is 1.40 bits per heavy atom. The molecule has 0 saturated heterocycles. The van der Waals surface area contributed by atoms with Crippen molar-refractivity contribution in [2.24, 2.45) is 0 Å². The van der Waals surface area contributed by atoms with E-state index in [2.05, 4.69) is 4.98 Å². The second-order valence-electron chi connectivity index (χ2n) is 3.07. The van der Waals surface area contributed by atoms with Gasteiger partial charge >= 0.3 is 6.18 Å². The van der Waals surface area contributed by atoms with Crippen LogP contribution in [0.2, 0.25) is 0 Å². The van der Waals surface area contributed by atoms with Crippen LogP contribution in [-0.2, 0) is 0 Å². The van der Waals surface area contributed by atoms with Gasteiger partial charge in [0.2, 0.25) is 0 Å². The van der Waals surface area contributed by atoms with Crippen molar-refractivity contribution in [1.82, 2.24) is 4.98 Å². The lowest BCUT2D eigenvalue weighted by molar-refractivity contribution is -0.119. The second kappa shape index (κ2) is 4.37. The van der Waals surface area contributed by atoms with Crippen molar-refractivity contribution in [2.75, 3.05) is 23.7 Å². The van der Waals surface area contributed by atoms with Crippen LogP contribution >= 0.6 is 0 Å². The van der Waals surface area contributed by atoms with Crippen LogP contribution in [0.25, 0.3) is 0 Å². The Kier molecular flexibility index (Phi) is 3.39. The van der Waals surface area contributed by atoms with E-state index in [0.29, 0.717) is 11.5 Å². The topological polar surface area (TPSA) is 42.1 Å². The summed E-state index contributed by atoms with van der Waals surface area (Å²) in [7, 11) is 0. The predicted molar refractivity (Wildman–Crippen MR) is 52.6 cm³/mol. The summed E-state index contributed by atoms with van der Waals surface area (Å²) in [6, 6.07) is 3.01. The van der Waals surface area contributed by atoms with Crippen molar-refractivity contribution in [2.45, 2.75) is 13.1 Å². The lowest BCUT2D eigenvalue weighted by atomic mass is 10.3. The molecule has 0 saturated carbocycles. The van der Waals surface area contributed by atoms with Crippen LogP contribution in [0.3, 0.4) is 0 Å². The van der Waals surface area contributed by atoms with E-state index < -0.39 is 12.7 Å². The minimum Gasteiger partial charge on any atom is -0.384 e. The minimum atomic E-state index is -4.21. The number of nitrogens with two attached hydrogens (primary N) is 1. The van der Waals surface area contributed by atoms with Crippen LogP contribution in [0, 0.1) is 0 Å². The minimum absolute atomic E-state index is 0.269. The number of nitrogen functional groups attached to an aromatic ring is 1. The predicted octanol–water partition coefficient (Wildman–Crippen LogP) is 2.05. The molecule has 0 fully saturated rings. The first-order valence-corrected chi connectivity index (χ1v) is 4.45. The number of pyridine rings is 1. The third-order valence-electron chi connectivity index (χ3n) is 1.89. The van der Waals surface area contributed by atoms with Gasteiger partial charge in [-0.3, -0.25) is 0 Å². The Hall–Kier alpha value is -1.46. The van der Waals surface area contributed by atoms with Crippen LogP contribution in [0.4, 0.5) is 24.7 Å². The van der Waals surface area contributed by atoms with Gasteiger partial charge in [0.05, 0.1) is 11.9 Å². The highest BCUT2D eigenvalue weighted by Crippen LogP contribution is 2.21. The highest BCUT2D eigenvalue weighted by atomic mass is 19.4. The number of rotatable bonds is 3. The lowest BCUT2D eigenvalue weighted by Crippen LogP contribution is -2.34. The summed E-state index contributed by atoms with van der Waals surface area (Å²) in [5.74, 6) is 0.293. The fourth-order valence-corrected chi connectivity index (χ4v) is 1.19. The highest BCUT2D eigenvalue weighted by molar-refractivity contribution is 5.47. The van der Waals surface area contributed by atoms with Crippen LogP contribution in [0.1, 0.15) is 6.92 Å². The smallest absolute Gasteiger partial charge is 0.384 e. The summed E-state index contributed by atoms with van der Waals surface area (Å²) < 4.78 is 36.5. The fraction of sp³-hybridized carbons (Fsp3) is 0.444. The third-order valence-corrected chi connectivity index (χ3v) is 1.89. The molecule has 0 atom stereocenters. The number of hydrogen-bond donors (Lipinski definition) is 1. The normalized spacial score (nSPS) is 11.5. The molecule has 0 radical (unpaired) electrons. The quantitative estimate of drug-likeness (QED) is 0.846. The van der Waals surface area contributed by atoms with E-state index in [0.717, 1.165) is 0 Å². The lowest BCUT2D eigenvalue weighted by Gasteiger charge is -2.23. The van der Waals surface area contributed by atoms with E-state index in [-0.39, 0.29) is 6.54 Å². The first-order chi connectivity index (χ1) is 6.92. The zero-order valence-electron chi connectivity index (χ0n) is 8.25. The highest BCUT2D eigenvalue weighted by Gasteiger charge is 2.30. The molecule has 0 spiro atoms. The van der Waals surface area contributed by atoms with Gasteiger partial charge < -0.3 is 10.6 Å². The van der Waals surface area contributed by atoms with Gasteiger partial charge in [-0.2, -0.15) is 13.2 Å². The third kappa shape index (κ3) is 3.65. The average molecular weight is 219 g/mol. The van der Waals surface area contributed by atoms with Crippen LogP contribution in [-0.4, -0.2) is 24.2 Å². The first kappa shape index (κ1) is 11.6. The monoisotopic (exact) mass is 219 g/mol. The van der Waals surface area contributed by atoms with Gasteiger partial charge in [0, 0.05) is 6.54 Å². The number of nitrogens with zero attached hydrogens (tertiary/aromatic N) is 2. The number of alkyl halides is 3. The molecule has 6 heteroatoms. The average Bonchev–Trinajstić information content (AvgIpc) is 2.14. The van der Waals surface area contributed by atoms with Crippen molar-refractivity contribution < 1.29 is 13.2 Å². The number of aromatic nitrogens is 1. The summed E-state index contributed by atoms with van der Waals surface area (Å²) in [4.78, 5) is 4.93. The molecule has 0 bridgehead atoms. The summed E-state index contributed by atoms with van der Waals surface area (Å²) in [6.45, 7) is 0.947. The molecule has 15 heavy (non-hydrogen) atoms. The van der Waals surface area contributed by atoms with Crippen molar-refractivity contribution >= 4 is 11.5 Å². The molecule has 0 unspecified atom stereocenters. The molecular weight excluding hydrogens is 207 g/mol. The molecular formula is C9H12F3N3. The van der Waals surface area contributed by atoms with Gasteiger partial charge in [0.15, 0.2) is 0 Å². The molecule has 0 aliphatic carbocycles. The Morgan fingerprint density at radius 3 is 2.47 bits per heavy atom. The van der Waals surface area contributed by atoms with Gasteiger partial charge in [-0.15, -0.1) is 0 Å². The van der Waals surface area contributed by atoms with E-state index >= 15 is 0 Å². The Labute approximate surface area is 85.7 Å².